The van der Waals surface area contributed by atoms with Crippen molar-refractivity contribution in [3.8, 4) is 0 Å². The number of hydrogen-bond donors (Lipinski definition) is 0. The number of hydrogen-bond acceptors (Lipinski definition) is 1. The first-order valence-electron chi connectivity index (χ1n) is 3.99. The predicted octanol–water partition coefficient (Wildman–Crippen LogP) is 1.86. The first-order chi connectivity index (χ1) is 5.75. The minimum atomic E-state index is 0.109. The highest BCUT2D eigenvalue weighted by molar-refractivity contribution is 5.92. The summed E-state index contributed by atoms with van der Waals surface area (Å²) >= 11 is 0. The van der Waals surface area contributed by atoms with Gasteiger partial charge in [-0.3, -0.25) is 4.79 Å². The summed E-state index contributed by atoms with van der Waals surface area (Å²) in [5.41, 5.74) is 0.823. The van der Waals surface area contributed by atoms with E-state index >= 15 is 0 Å². The van der Waals surface area contributed by atoms with E-state index in [1.165, 1.54) is 0 Å². The van der Waals surface area contributed by atoms with E-state index in [1.54, 1.807) is 18.0 Å². The number of carbonyl (C=O) groups excluding carboxylic acids is 1. The van der Waals surface area contributed by atoms with Gasteiger partial charge in [0, 0.05) is 19.5 Å². The molecule has 0 aliphatic heterocycles. The Morgan fingerprint density at radius 2 is 2.33 bits per heavy atom. The van der Waals surface area contributed by atoms with Gasteiger partial charge in [-0.15, -0.1) is 0 Å². The number of anilines is 1. The van der Waals surface area contributed by atoms with Crippen molar-refractivity contribution in [3.05, 3.63) is 30.3 Å². The topological polar surface area (TPSA) is 20.3 Å². The first-order valence-corrected chi connectivity index (χ1v) is 3.99. The Morgan fingerprint density at radius 1 is 1.58 bits per heavy atom. The first kappa shape index (κ1) is 8.78. The summed E-state index contributed by atoms with van der Waals surface area (Å²) in [6.07, 6.45) is 0.527. The molecule has 0 fully saturated rings. The normalized spacial score (nSPS) is 9.50. The quantitative estimate of drug-likeness (QED) is 0.650. The van der Waals surface area contributed by atoms with Crippen LogP contribution in [0, 0.1) is 6.07 Å². The Morgan fingerprint density at radius 3 is 2.83 bits per heavy atom. The van der Waals surface area contributed by atoms with Crippen LogP contribution in [-0.4, -0.2) is 13.0 Å². The fourth-order valence-corrected chi connectivity index (χ4v) is 0.964. The second kappa shape index (κ2) is 3.90. The lowest BCUT2D eigenvalue weighted by Crippen LogP contribution is -2.24. The minimum absolute atomic E-state index is 0.109. The molecule has 1 aromatic carbocycles. The molecule has 1 radical (unpaired) electrons. The molecule has 0 spiro atoms. The molecule has 0 saturated heterocycles. The third-order valence-electron chi connectivity index (χ3n) is 1.73. The largest absolute Gasteiger partial charge is 0.315 e. The standard InChI is InChI=1S/C10H12NO/c1-3-10(12)11(2)9-7-5-4-6-8-9/h4-7H,3H2,1-2H3. The van der Waals surface area contributed by atoms with Gasteiger partial charge in [0.1, 0.15) is 0 Å². The van der Waals surface area contributed by atoms with Gasteiger partial charge in [-0.2, -0.15) is 0 Å². The number of para-hydroxylation sites is 1. The Bertz CT molecular complexity index is 256. The van der Waals surface area contributed by atoms with Crippen LogP contribution in [0.15, 0.2) is 24.3 Å². The highest BCUT2D eigenvalue weighted by Crippen LogP contribution is 2.10. The van der Waals surface area contributed by atoms with Crippen LogP contribution in [-0.2, 0) is 4.79 Å². The van der Waals surface area contributed by atoms with E-state index in [0.717, 1.165) is 5.69 Å². The maximum absolute atomic E-state index is 11.2. The van der Waals surface area contributed by atoms with Gasteiger partial charge in [-0.1, -0.05) is 25.1 Å². The molecule has 1 amide bonds. The predicted molar refractivity (Wildman–Crippen MR) is 49.0 cm³/mol. The van der Waals surface area contributed by atoms with Crippen LogP contribution in [0.25, 0.3) is 0 Å². The van der Waals surface area contributed by atoms with Crippen LogP contribution in [0.3, 0.4) is 0 Å². The molecule has 0 atom stereocenters. The van der Waals surface area contributed by atoms with Crippen molar-refractivity contribution in [2.75, 3.05) is 11.9 Å². The third-order valence-corrected chi connectivity index (χ3v) is 1.73. The van der Waals surface area contributed by atoms with E-state index in [9.17, 15) is 4.79 Å². The molecule has 0 aliphatic rings. The lowest BCUT2D eigenvalue weighted by atomic mass is 10.3. The van der Waals surface area contributed by atoms with E-state index in [0.29, 0.717) is 6.42 Å². The van der Waals surface area contributed by atoms with Crippen molar-refractivity contribution in [2.45, 2.75) is 13.3 Å². The van der Waals surface area contributed by atoms with E-state index in [-0.39, 0.29) is 5.91 Å². The van der Waals surface area contributed by atoms with Crippen molar-refractivity contribution in [1.82, 2.24) is 0 Å². The average Bonchev–Trinajstić information content (AvgIpc) is 2.17. The van der Waals surface area contributed by atoms with Crippen LogP contribution in [0.5, 0.6) is 0 Å². The number of rotatable bonds is 2. The fourth-order valence-electron chi connectivity index (χ4n) is 0.964. The molecule has 1 rings (SSSR count). The molecule has 0 aromatic heterocycles. The van der Waals surface area contributed by atoms with Crippen LogP contribution in [0.1, 0.15) is 13.3 Å². The third kappa shape index (κ3) is 1.84. The lowest BCUT2D eigenvalue weighted by Gasteiger charge is -2.15. The summed E-state index contributed by atoms with van der Waals surface area (Å²) in [6.45, 7) is 1.85. The molecular formula is C10H12NO. The highest BCUT2D eigenvalue weighted by Gasteiger charge is 2.06. The molecular weight excluding hydrogens is 150 g/mol. The van der Waals surface area contributed by atoms with E-state index in [1.807, 2.05) is 25.1 Å². The maximum atomic E-state index is 11.2. The summed E-state index contributed by atoms with van der Waals surface area (Å²) in [5, 5.41) is 0. The van der Waals surface area contributed by atoms with Gasteiger partial charge < -0.3 is 4.90 Å². The molecule has 0 aliphatic carbocycles. The molecule has 0 saturated carbocycles. The van der Waals surface area contributed by atoms with Gasteiger partial charge >= 0.3 is 0 Å². The number of nitrogens with zero attached hydrogens (tertiary/aromatic N) is 1. The van der Waals surface area contributed by atoms with Crippen molar-refractivity contribution >= 4 is 11.6 Å². The summed E-state index contributed by atoms with van der Waals surface area (Å²) in [7, 11) is 1.76. The van der Waals surface area contributed by atoms with Gasteiger partial charge in [0.05, 0.1) is 5.69 Å². The van der Waals surface area contributed by atoms with Crippen molar-refractivity contribution in [1.29, 1.82) is 0 Å². The van der Waals surface area contributed by atoms with Gasteiger partial charge in [-0.25, -0.2) is 0 Å². The Labute approximate surface area is 72.8 Å². The Hall–Kier alpha value is -1.31. The number of amides is 1. The van der Waals surface area contributed by atoms with E-state index in [2.05, 4.69) is 6.07 Å². The second-order valence-electron chi connectivity index (χ2n) is 2.55. The molecule has 2 heteroatoms. The average molecular weight is 162 g/mol. The molecule has 2 nitrogen and oxygen atoms in total. The van der Waals surface area contributed by atoms with Gasteiger partial charge in [0.2, 0.25) is 5.91 Å². The van der Waals surface area contributed by atoms with Crippen LogP contribution < -0.4 is 4.90 Å². The van der Waals surface area contributed by atoms with E-state index in [4.69, 9.17) is 0 Å². The number of benzene rings is 1. The van der Waals surface area contributed by atoms with E-state index < -0.39 is 0 Å². The highest BCUT2D eigenvalue weighted by atomic mass is 16.2. The van der Waals surface area contributed by atoms with Crippen molar-refractivity contribution in [3.63, 3.8) is 0 Å². The fraction of sp³-hybridized carbons (Fsp3) is 0.300. The molecule has 12 heavy (non-hydrogen) atoms. The summed E-state index contributed by atoms with van der Waals surface area (Å²) < 4.78 is 0. The van der Waals surface area contributed by atoms with Gasteiger partial charge in [-0.05, 0) is 6.07 Å². The minimum Gasteiger partial charge on any atom is -0.315 e. The summed E-state index contributed by atoms with van der Waals surface area (Å²) in [5.74, 6) is 0.109. The number of carbonyl (C=O) groups is 1. The van der Waals surface area contributed by atoms with Gasteiger partial charge in [0.15, 0.2) is 0 Å². The van der Waals surface area contributed by atoms with Gasteiger partial charge in [0.25, 0.3) is 0 Å². The van der Waals surface area contributed by atoms with Crippen LogP contribution in [0.2, 0.25) is 0 Å². The molecule has 0 heterocycles. The zero-order valence-corrected chi connectivity index (χ0v) is 7.37. The maximum Gasteiger partial charge on any atom is 0.226 e. The summed E-state index contributed by atoms with van der Waals surface area (Å²) in [4.78, 5) is 12.8. The smallest absolute Gasteiger partial charge is 0.226 e. The zero-order valence-electron chi connectivity index (χ0n) is 7.37. The molecule has 0 bridgehead atoms. The van der Waals surface area contributed by atoms with Crippen molar-refractivity contribution < 1.29 is 4.79 Å². The lowest BCUT2D eigenvalue weighted by molar-refractivity contribution is -0.118. The molecule has 0 unspecified atom stereocenters. The molecule has 63 valence electrons. The molecule has 0 N–H and O–H groups in total. The van der Waals surface area contributed by atoms with Crippen molar-refractivity contribution in [2.24, 2.45) is 0 Å². The molecule has 1 aromatic rings. The SMILES string of the molecule is CCC(=O)N(C)c1[c]cccc1. The van der Waals surface area contributed by atoms with Crippen LogP contribution >= 0.6 is 0 Å². The monoisotopic (exact) mass is 162 g/mol. The Kier molecular flexibility index (Phi) is 2.86. The zero-order chi connectivity index (χ0) is 8.97. The second-order valence-corrected chi connectivity index (χ2v) is 2.55. The Balaban J connectivity index is 2.78. The van der Waals surface area contributed by atoms with Crippen LogP contribution in [0.4, 0.5) is 5.69 Å². The summed E-state index contributed by atoms with van der Waals surface area (Å²) in [6, 6.07) is 10.4.